The lowest BCUT2D eigenvalue weighted by molar-refractivity contribution is 0.744. The molecule has 1 aliphatic rings. The van der Waals surface area contributed by atoms with Gasteiger partial charge in [-0.2, -0.15) is 24.4 Å². The van der Waals surface area contributed by atoms with Gasteiger partial charge < -0.3 is 10.6 Å². The Morgan fingerprint density at radius 2 is 1.59 bits per heavy atom. The van der Waals surface area contributed by atoms with Crippen LogP contribution in [-0.4, -0.2) is 28.3 Å². The second-order valence-corrected chi connectivity index (χ2v) is 10.5. The van der Waals surface area contributed by atoms with Gasteiger partial charge in [-0.05, 0) is 64.3 Å². The van der Waals surface area contributed by atoms with E-state index in [1.54, 1.807) is 0 Å². The number of benzene rings is 1. The molecule has 0 bridgehead atoms. The van der Waals surface area contributed by atoms with Gasteiger partial charge in [0.1, 0.15) is 0 Å². The highest BCUT2D eigenvalue weighted by molar-refractivity contribution is 8.00. The van der Waals surface area contributed by atoms with Crippen LogP contribution >= 0.6 is 24.4 Å². The minimum atomic E-state index is -0.0213. The van der Waals surface area contributed by atoms with Crippen molar-refractivity contribution in [3.63, 3.8) is 0 Å². The maximum absolute atomic E-state index is 4.58. The third-order valence-corrected chi connectivity index (χ3v) is 5.47. The molecule has 0 unspecified atom stereocenters. The van der Waals surface area contributed by atoms with Gasteiger partial charge in [-0.3, -0.25) is 0 Å². The SMILES string of the molecule is CC(C)(S)CNc1ccccc1NCC(C)(C)SCC1CC1. The lowest BCUT2D eigenvalue weighted by Gasteiger charge is -2.26. The third-order valence-electron chi connectivity index (χ3n) is 3.75. The number of rotatable bonds is 9. The lowest BCUT2D eigenvalue weighted by atomic mass is 10.1. The molecule has 0 aromatic heterocycles. The van der Waals surface area contributed by atoms with Crippen LogP contribution in [0.25, 0.3) is 0 Å². The fourth-order valence-corrected chi connectivity index (χ4v) is 3.36. The molecule has 1 fully saturated rings. The number of nitrogens with one attached hydrogen (secondary N) is 2. The van der Waals surface area contributed by atoms with Gasteiger partial charge in [-0.1, -0.05) is 12.1 Å². The molecule has 1 aliphatic carbocycles. The van der Waals surface area contributed by atoms with Crippen molar-refractivity contribution in [1.82, 2.24) is 0 Å². The third kappa shape index (κ3) is 6.74. The maximum atomic E-state index is 4.58. The van der Waals surface area contributed by atoms with E-state index in [0.29, 0.717) is 0 Å². The Morgan fingerprint density at radius 3 is 2.09 bits per heavy atom. The van der Waals surface area contributed by atoms with E-state index < -0.39 is 0 Å². The van der Waals surface area contributed by atoms with Crippen LogP contribution in [0.5, 0.6) is 0 Å². The molecule has 1 aromatic rings. The maximum Gasteiger partial charge on any atom is 0.0576 e. The minimum Gasteiger partial charge on any atom is -0.382 e. The van der Waals surface area contributed by atoms with Crippen molar-refractivity contribution in [2.45, 2.75) is 50.0 Å². The molecule has 124 valence electrons. The van der Waals surface area contributed by atoms with Gasteiger partial charge in [-0.15, -0.1) is 0 Å². The van der Waals surface area contributed by atoms with Gasteiger partial charge >= 0.3 is 0 Å². The predicted octanol–water partition coefficient (Wildman–Crippen LogP) is 5.14. The molecule has 2 N–H and O–H groups in total. The Morgan fingerprint density at radius 1 is 1.05 bits per heavy atom. The van der Waals surface area contributed by atoms with Gasteiger partial charge in [0.15, 0.2) is 0 Å². The van der Waals surface area contributed by atoms with Crippen molar-refractivity contribution in [3.05, 3.63) is 24.3 Å². The number of thioether (sulfide) groups is 1. The molecular formula is C18H30N2S2. The zero-order valence-corrected chi connectivity index (χ0v) is 16.0. The summed E-state index contributed by atoms with van der Waals surface area (Å²) in [6, 6.07) is 8.44. The van der Waals surface area contributed by atoms with Crippen LogP contribution < -0.4 is 10.6 Å². The van der Waals surface area contributed by atoms with Gasteiger partial charge in [0, 0.05) is 22.6 Å². The molecule has 2 rings (SSSR count). The summed E-state index contributed by atoms with van der Waals surface area (Å²) in [5.41, 5.74) is 2.34. The Labute approximate surface area is 145 Å². The molecule has 1 aromatic carbocycles. The second-order valence-electron chi connectivity index (χ2n) is 7.58. The van der Waals surface area contributed by atoms with E-state index in [2.05, 4.69) is 87.0 Å². The summed E-state index contributed by atoms with van der Waals surface area (Å²) in [5.74, 6) is 2.29. The van der Waals surface area contributed by atoms with Crippen molar-refractivity contribution in [2.75, 3.05) is 29.5 Å². The van der Waals surface area contributed by atoms with Crippen molar-refractivity contribution in [2.24, 2.45) is 5.92 Å². The van der Waals surface area contributed by atoms with E-state index in [9.17, 15) is 0 Å². The number of thiol groups is 1. The van der Waals surface area contributed by atoms with Gasteiger partial charge in [0.2, 0.25) is 0 Å². The molecule has 1 saturated carbocycles. The molecule has 2 nitrogen and oxygen atoms in total. The van der Waals surface area contributed by atoms with Gasteiger partial charge in [0.25, 0.3) is 0 Å². The Bertz CT molecular complexity index is 476. The average molecular weight is 339 g/mol. The summed E-state index contributed by atoms with van der Waals surface area (Å²) in [5, 5.41) is 7.13. The summed E-state index contributed by atoms with van der Waals surface area (Å²) >= 11 is 6.68. The largest absolute Gasteiger partial charge is 0.382 e. The first-order chi connectivity index (χ1) is 10.3. The second kappa shape index (κ2) is 7.39. The van der Waals surface area contributed by atoms with Gasteiger partial charge in [0.05, 0.1) is 11.4 Å². The van der Waals surface area contributed by atoms with Crippen LogP contribution in [0.15, 0.2) is 24.3 Å². The average Bonchev–Trinajstić information content (AvgIpc) is 3.25. The predicted molar refractivity (Wildman–Crippen MR) is 106 cm³/mol. The Kier molecular flexibility index (Phi) is 6.00. The van der Waals surface area contributed by atoms with Crippen LogP contribution in [-0.2, 0) is 0 Å². The molecule has 0 spiro atoms. The highest BCUT2D eigenvalue weighted by Crippen LogP contribution is 2.37. The van der Waals surface area contributed by atoms with Crippen molar-refractivity contribution >= 4 is 35.8 Å². The summed E-state index contributed by atoms with van der Waals surface area (Å²) < 4.78 is 0.241. The van der Waals surface area contributed by atoms with Crippen LogP contribution in [0.4, 0.5) is 11.4 Å². The normalized spacial score (nSPS) is 15.7. The van der Waals surface area contributed by atoms with E-state index >= 15 is 0 Å². The van der Waals surface area contributed by atoms with E-state index in [4.69, 9.17) is 0 Å². The Hall–Kier alpha value is -0.480. The van der Waals surface area contributed by atoms with E-state index in [1.165, 1.54) is 24.3 Å². The molecule has 0 saturated heterocycles. The molecule has 0 amide bonds. The number of anilines is 2. The first-order valence-electron chi connectivity index (χ1n) is 8.18. The molecular weight excluding hydrogens is 308 g/mol. The molecule has 4 heteroatoms. The topological polar surface area (TPSA) is 24.1 Å². The summed E-state index contributed by atoms with van der Waals surface area (Å²) in [6.45, 7) is 10.7. The summed E-state index contributed by atoms with van der Waals surface area (Å²) in [7, 11) is 0. The lowest BCUT2D eigenvalue weighted by Crippen LogP contribution is -2.28. The summed E-state index contributed by atoms with van der Waals surface area (Å²) in [6.07, 6.45) is 2.87. The zero-order chi connectivity index (χ0) is 16.2. The monoisotopic (exact) mass is 338 g/mol. The fourth-order valence-electron chi connectivity index (χ4n) is 2.09. The quantitative estimate of drug-likeness (QED) is 0.543. The van der Waals surface area contributed by atoms with E-state index in [0.717, 1.165) is 24.7 Å². The number of hydrogen-bond acceptors (Lipinski definition) is 4. The Balaban J connectivity index is 1.88. The van der Waals surface area contributed by atoms with Crippen LogP contribution in [0, 0.1) is 5.92 Å². The van der Waals surface area contributed by atoms with E-state index in [1.807, 2.05) is 0 Å². The smallest absolute Gasteiger partial charge is 0.0576 e. The molecule has 0 aliphatic heterocycles. The van der Waals surface area contributed by atoms with Crippen LogP contribution in [0.2, 0.25) is 0 Å². The first-order valence-corrected chi connectivity index (χ1v) is 9.62. The first kappa shape index (κ1) is 17.9. The van der Waals surface area contributed by atoms with Gasteiger partial charge in [-0.25, -0.2) is 0 Å². The number of hydrogen-bond donors (Lipinski definition) is 3. The van der Waals surface area contributed by atoms with Crippen molar-refractivity contribution in [1.29, 1.82) is 0 Å². The fraction of sp³-hybridized carbons (Fsp3) is 0.667. The minimum absolute atomic E-state index is 0.0213. The molecule has 0 heterocycles. The van der Waals surface area contributed by atoms with Crippen molar-refractivity contribution in [3.8, 4) is 0 Å². The molecule has 22 heavy (non-hydrogen) atoms. The molecule has 0 atom stereocenters. The number of para-hydroxylation sites is 2. The zero-order valence-electron chi connectivity index (χ0n) is 14.3. The van der Waals surface area contributed by atoms with Crippen LogP contribution in [0.3, 0.4) is 0 Å². The van der Waals surface area contributed by atoms with E-state index in [-0.39, 0.29) is 9.49 Å². The molecule has 0 radical (unpaired) electrons. The van der Waals surface area contributed by atoms with Crippen molar-refractivity contribution < 1.29 is 0 Å². The van der Waals surface area contributed by atoms with Crippen LogP contribution in [0.1, 0.15) is 40.5 Å². The highest BCUT2D eigenvalue weighted by Gasteiger charge is 2.26. The summed E-state index contributed by atoms with van der Waals surface area (Å²) in [4.78, 5) is 0. The standard InChI is InChI=1S/C18H30N2S2/c1-17(2,21)12-19-15-7-5-6-8-16(15)20-13-18(3,4)22-11-14-9-10-14/h5-8,14,19-21H,9-13H2,1-4H3. The highest BCUT2D eigenvalue weighted by atomic mass is 32.2.